The number of hydrogen-bond acceptors (Lipinski definition) is 4. The number of aromatic nitrogens is 1. The Morgan fingerprint density at radius 1 is 1.07 bits per heavy atom. The Morgan fingerprint density at radius 2 is 1.87 bits per heavy atom. The third kappa shape index (κ3) is 6.00. The summed E-state index contributed by atoms with van der Waals surface area (Å²) in [6, 6.07) is 18.3. The molecule has 3 rings (SSSR count). The first-order chi connectivity index (χ1) is 14.5. The van der Waals surface area contributed by atoms with Crippen LogP contribution in [0.2, 0.25) is 0 Å². The largest absolute Gasteiger partial charge is 0.439 e. The summed E-state index contributed by atoms with van der Waals surface area (Å²) >= 11 is 0. The molecule has 0 radical (unpaired) electrons. The lowest BCUT2D eigenvalue weighted by Crippen LogP contribution is -2.33. The zero-order valence-corrected chi connectivity index (χ0v) is 16.3. The van der Waals surface area contributed by atoms with Crippen molar-refractivity contribution in [2.45, 2.75) is 13.5 Å². The molecule has 3 aromatic rings. The van der Waals surface area contributed by atoms with Crippen LogP contribution in [0.1, 0.15) is 18.1 Å². The molecule has 0 fully saturated rings. The van der Waals surface area contributed by atoms with Gasteiger partial charge in [0, 0.05) is 31.3 Å². The van der Waals surface area contributed by atoms with Gasteiger partial charge in [-0.15, -0.1) is 0 Å². The number of pyridine rings is 1. The van der Waals surface area contributed by atoms with Crippen LogP contribution in [0.15, 0.2) is 78.6 Å². The van der Waals surface area contributed by atoms with Crippen molar-refractivity contribution in [3.05, 3.63) is 95.6 Å². The second-order valence-corrected chi connectivity index (χ2v) is 6.36. The van der Waals surface area contributed by atoms with Gasteiger partial charge in [-0.05, 0) is 29.8 Å². The summed E-state index contributed by atoms with van der Waals surface area (Å²) in [7, 11) is 0. The van der Waals surface area contributed by atoms with Crippen LogP contribution in [0.5, 0.6) is 11.6 Å². The molecule has 2 aromatic carbocycles. The number of carbonyl (C=O) groups excluding carboxylic acids is 2. The van der Waals surface area contributed by atoms with Gasteiger partial charge in [0.15, 0.2) is 0 Å². The molecular weight excluding hydrogens is 385 g/mol. The van der Waals surface area contributed by atoms with E-state index in [2.05, 4.69) is 15.6 Å². The molecule has 30 heavy (non-hydrogen) atoms. The standard InChI is InChI=1S/C23H20FN3O3/c1-16(28)27-21(13-17-7-3-2-4-8-17)22(29)26-15-18-9-6-12-25-23(18)30-20-11-5-10-19(24)14-20/h2-14H,15H2,1H3,(H,26,29)(H,27,28)/b21-13-. The molecule has 0 aliphatic heterocycles. The van der Waals surface area contributed by atoms with E-state index in [9.17, 15) is 14.0 Å². The number of nitrogens with one attached hydrogen (secondary N) is 2. The molecule has 0 bridgehead atoms. The van der Waals surface area contributed by atoms with Gasteiger partial charge in [0.05, 0.1) is 0 Å². The molecule has 2 N–H and O–H groups in total. The van der Waals surface area contributed by atoms with Crippen molar-refractivity contribution in [1.29, 1.82) is 0 Å². The van der Waals surface area contributed by atoms with Crippen molar-refractivity contribution >= 4 is 17.9 Å². The van der Waals surface area contributed by atoms with E-state index in [0.717, 1.165) is 5.56 Å². The van der Waals surface area contributed by atoms with Gasteiger partial charge < -0.3 is 15.4 Å². The third-order valence-corrected chi connectivity index (χ3v) is 3.97. The van der Waals surface area contributed by atoms with Crippen LogP contribution in [0, 0.1) is 5.82 Å². The monoisotopic (exact) mass is 405 g/mol. The van der Waals surface area contributed by atoms with Crippen molar-refractivity contribution < 1.29 is 18.7 Å². The van der Waals surface area contributed by atoms with Crippen molar-refractivity contribution in [3.63, 3.8) is 0 Å². The average molecular weight is 405 g/mol. The highest BCUT2D eigenvalue weighted by Gasteiger charge is 2.13. The van der Waals surface area contributed by atoms with Gasteiger partial charge in [0.2, 0.25) is 11.8 Å². The quantitative estimate of drug-likeness (QED) is 0.586. The van der Waals surface area contributed by atoms with Crippen LogP contribution in [0.25, 0.3) is 6.08 Å². The van der Waals surface area contributed by atoms with Crippen molar-refractivity contribution in [2.75, 3.05) is 0 Å². The van der Waals surface area contributed by atoms with E-state index in [1.807, 2.05) is 30.3 Å². The van der Waals surface area contributed by atoms with Gasteiger partial charge in [-0.25, -0.2) is 9.37 Å². The highest BCUT2D eigenvalue weighted by molar-refractivity contribution is 6.00. The summed E-state index contributed by atoms with van der Waals surface area (Å²) in [6.07, 6.45) is 3.13. The number of hydrogen-bond donors (Lipinski definition) is 2. The van der Waals surface area contributed by atoms with Gasteiger partial charge in [-0.1, -0.05) is 42.5 Å². The number of halogens is 1. The normalized spacial score (nSPS) is 10.9. The maximum absolute atomic E-state index is 13.4. The Labute approximate surface area is 173 Å². The first kappa shape index (κ1) is 20.7. The number of nitrogens with zero attached hydrogens (tertiary/aromatic N) is 1. The van der Waals surface area contributed by atoms with Crippen molar-refractivity contribution in [3.8, 4) is 11.6 Å². The SMILES string of the molecule is CC(=O)N/C(=C\c1ccccc1)C(=O)NCc1cccnc1Oc1cccc(F)c1. The van der Waals surface area contributed by atoms with Gasteiger partial charge in [-0.3, -0.25) is 9.59 Å². The van der Waals surface area contributed by atoms with Gasteiger partial charge >= 0.3 is 0 Å². The van der Waals surface area contributed by atoms with E-state index >= 15 is 0 Å². The number of ether oxygens (including phenoxy) is 1. The molecule has 2 amide bonds. The summed E-state index contributed by atoms with van der Waals surface area (Å²) < 4.78 is 19.1. The molecule has 0 saturated heterocycles. The van der Waals surface area contributed by atoms with Crippen LogP contribution < -0.4 is 15.4 Å². The Bertz CT molecular complexity index is 1070. The average Bonchev–Trinajstić information content (AvgIpc) is 2.73. The summed E-state index contributed by atoms with van der Waals surface area (Å²) in [6.45, 7) is 1.43. The lowest BCUT2D eigenvalue weighted by Gasteiger charge is -2.12. The van der Waals surface area contributed by atoms with E-state index in [0.29, 0.717) is 11.3 Å². The molecule has 0 spiro atoms. The Balaban J connectivity index is 1.74. The molecule has 6 nitrogen and oxygen atoms in total. The molecule has 1 heterocycles. The minimum atomic E-state index is -0.463. The maximum Gasteiger partial charge on any atom is 0.268 e. The van der Waals surface area contributed by atoms with E-state index in [4.69, 9.17) is 4.74 Å². The zero-order valence-electron chi connectivity index (χ0n) is 16.3. The Kier molecular flexibility index (Phi) is 6.89. The third-order valence-electron chi connectivity index (χ3n) is 3.97. The van der Waals surface area contributed by atoms with E-state index in [1.165, 1.54) is 31.3 Å². The maximum atomic E-state index is 13.4. The van der Waals surface area contributed by atoms with Crippen LogP contribution in [0.4, 0.5) is 4.39 Å². The van der Waals surface area contributed by atoms with Crippen molar-refractivity contribution in [2.24, 2.45) is 0 Å². The van der Waals surface area contributed by atoms with Gasteiger partial charge in [0.25, 0.3) is 5.91 Å². The van der Waals surface area contributed by atoms with Gasteiger partial charge in [-0.2, -0.15) is 0 Å². The molecule has 152 valence electrons. The molecule has 0 atom stereocenters. The number of rotatable bonds is 7. The minimum absolute atomic E-state index is 0.100. The number of benzene rings is 2. The fourth-order valence-corrected chi connectivity index (χ4v) is 2.63. The molecule has 0 unspecified atom stereocenters. The van der Waals surface area contributed by atoms with Crippen molar-refractivity contribution in [1.82, 2.24) is 15.6 Å². The first-order valence-electron chi connectivity index (χ1n) is 9.21. The summed E-state index contributed by atoms with van der Waals surface area (Å²) in [4.78, 5) is 28.3. The fraction of sp³-hybridized carbons (Fsp3) is 0.0870. The lowest BCUT2D eigenvalue weighted by molar-refractivity contribution is -0.122. The fourth-order valence-electron chi connectivity index (χ4n) is 2.63. The van der Waals surface area contributed by atoms with Gasteiger partial charge in [0.1, 0.15) is 17.3 Å². The Hall–Kier alpha value is -4.00. The van der Waals surface area contributed by atoms with E-state index in [1.54, 1.807) is 24.3 Å². The van der Waals surface area contributed by atoms with E-state index < -0.39 is 11.7 Å². The second-order valence-electron chi connectivity index (χ2n) is 6.36. The lowest BCUT2D eigenvalue weighted by atomic mass is 10.2. The van der Waals surface area contributed by atoms with Crippen LogP contribution >= 0.6 is 0 Å². The molecule has 0 saturated carbocycles. The molecule has 0 aliphatic carbocycles. The van der Waals surface area contributed by atoms with Crippen LogP contribution in [0.3, 0.4) is 0 Å². The molecule has 0 aliphatic rings. The number of amides is 2. The highest BCUT2D eigenvalue weighted by Crippen LogP contribution is 2.23. The zero-order chi connectivity index (χ0) is 21.3. The molecule has 1 aromatic heterocycles. The summed E-state index contributed by atoms with van der Waals surface area (Å²) in [5, 5.41) is 5.29. The summed E-state index contributed by atoms with van der Waals surface area (Å²) in [5.74, 6) is -0.705. The van der Waals surface area contributed by atoms with Crippen LogP contribution in [-0.2, 0) is 16.1 Å². The molecule has 7 heteroatoms. The smallest absolute Gasteiger partial charge is 0.268 e. The van der Waals surface area contributed by atoms with Crippen LogP contribution in [-0.4, -0.2) is 16.8 Å². The molecular formula is C23H20FN3O3. The summed E-state index contributed by atoms with van der Waals surface area (Å²) in [5.41, 5.74) is 1.48. The first-order valence-corrected chi connectivity index (χ1v) is 9.21. The highest BCUT2D eigenvalue weighted by atomic mass is 19.1. The Morgan fingerprint density at radius 3 is 2.60 bits per heavy atom. The predicted molar refractivity (Wildman–Crippen MR) is 111 cm³/mol. The second kappa shape index (κ2) is 9.97. The predicted octanol–water partition coefficient (Wildman–Crippen LogP) is 3.81. The minimum Gasteiger partial charge on any atom is -0.439 e. The number of carbonyl (C=O) groups is 2. The topological polar surface area (TPSA) is 80.3 Å². The van der Waals surface area contributed by atoms with E-state index in [-0.39, 0.29) is 24.0 Å².